The van der Waals surface area contributed by atoms with Crippen LogP contribution in [0.5, 0.6) is 0 Å². The monoisotopic (exact) mass is 456 g/mol. The van der Waals surface area contributed by atoms with Crippen LogP contribution < -0.4 is 0 Å². The summed E-state index contributed by atoms with van der Waals surface area (Å²) < 4.78 is 6.03. The highest BCUT2D eigenvalue weighted by Crippen LogP contribution is 2.70. The van der Waals surface area contributed by atoms with Crippen molar-refractivity contribution in [2.45, 2.75) is 125 Å². The van der Waals surface area contributed by atoms with Crippen molar-refractivity contribution in [1.82, 2.24) is 0 Å². The zero-order chi connectivity index (χ0) is 24.0. The summed E-state index contributed by atoms with van der Waals surface area (Å²) in [5.41, 5.74) is 3.32. The van der Waals surface area contributed by atoms with E-state index in [1.165, 1.54) is 57.8 Å². The highest BCUT2D eigenvalue weighted by molar-refractivity contribution is 5.25. The van der Waals surface area contributed by atoms with Gasteiger partial charge in [0.2, 0.25) is 0 Å². The zero-order valence-electron chi connectivity index (χ0n) is 23.0. The molecule has 0 aliphatic heterocycles. The van der Waals surface area contributed by atoms with Gasteiger partial charge in [-0.2, -0.15) is 0 Å². The van der Waals surface area contributed by atoms with Crippen molar-refractivity contribution in [2.24, 2.45) is 50.7 Å². The van der Waals surface area contributed by atoms with Crippen LogP contribution in [0.4, 0.5) is 0 Å². The van der Waals surface area contributed by atoms with Crippen molar-refractivity contribution < 1.29 is 9.84 Å². The van der Waals surface area contributed by atoms with E-state index in [2.05, 4.69) is 54.5 Å². The van der Waals surface area contributed by atoms with Crippen molar-refractivity contribution >= 4 is 0 Å². The Kier molecular flexibility index (Phi) is 5.60. The van der Waals surface area contributed by atoms with Crippen LogP contribution >= 0.6 is 0 Å². The summed E-state index contributed by atoms with van der Waals surface area (Å²) in [6.45, 7) is 17.7. The van der Waals surface area contributed by atoms with E-state index < -0.39 is 0 Å². The molecule has 9 atom stereocenters. The Labute approximate surface area is 204 Å². The van der Waals surface area contributed by atoms with E-state index >= 15 is 0 Å². The van der Waals surface area contributed by atoms with E-state index in [1.807, 2.05) is 7.11 Å². The molecule has 188 valence electrons. The zero-order valence-corrected chi connectivity index (χ0v) is 23.0. The fraction of sp³-hybridized carbons (Fsp3) is 0.935. The van der Waals surface area contributed by atoms with Gasteiger partial charge < -0.3 is 9.84 Å². The number of hydrogen-bond donors (Lipinski definition) is 1. The maximum atomic E-state index is 10.9. The lowest BCUT2D eigenvalue weighted by atomic mass is 9.42. The van der Waals surface area contributed by atoms with Gasteiger partial charge in [-0.25, -0.2) is 0 Å². The summed E-state index contributed by atoms with van der Waals surface area (Å²) in [6.07, 6.45) is 15.7. The molecule has 0 saturated heterocycles. The van der Waals surface area contributed by atoms with Crippen molar-refractivity contribution in [3.05, 3.63) is 11.6 Å². The first-order valence-electron chi connectivity index (χ1n) is 14.2. The van der Waals surface area contributed by atoms with Gasteiger partial charge in [-0.05, 0) is 115 Å². The number of allylic oxidation sites excluding steroid dienone is 2. The first kappa shape index (κ1) is 24.4. The highest BCUT2D eigenvalue weighted by atomic mass is 16.5. The van der Waals surface area contributed by atoms with Gasteiger partial charge in [0.15, 0.2) is 0 Å². The van der Waals surface area contributed by atoms with Crippen molar-refractivity contribution in [3.63, 3.8) is 0 Å². The van der Waals surface area contributed by atoms with Crippen LogP contribution in [-0.2, 0) is 4.74 Å². The number of fused-ring (bicyclic) bond motifs is 6. The summed E-state index contributed by atoms with van der Waals surface area (Å²) in [7, 11) is 1.94. The number of aliphatic hydroxyl groups excluding tert-OH is 1. The normalized spacial score (nSPS) is 52.9. The molecule has 0 aromatic rings. The van der Waals surface area contributed by atoms with Gasteiger partial charge in [-0.15, -0.1) is 0 Å². The molecule has 2 nitrogen and oxygen atoms in total. The van der Waals surface area contributed by atoms with Gasteiger partial charge in [-0.3, -0.25) is 0 Å². The lowest BCUT2D eigenvalue weighted by molar-refractivity contribution is -0.178. The summed E-state index contributed by atoms with van der Waals surface area (Å²) in [5, 5.41) is 10.9. The number of aliphatic hydroxyl groups is 1. The third-order valence-electron chi connectivity index (χ3n) is 13.1. The molecule has 2 heteroatoms. The second kappa shape index (κ2) is 7.58. The average molecular weight is 457 g/mol. The molecule has 4 saturated carbocycles. The number of methoxy groups -OCH3 is 1. The molecule has 2 unspecified atom stereocenters. The molecule has 5 aliphatic carbocycles. The lowest BCUT2D eigenvalue weighted by Gasteiger charge is -2.64. The molecule has 1 N–H and O–H groups in total. The number of hydrogen-bond acceptors (Lipinski definition) is 2. The third-order valence-corrected chi connectivity index (χ3v) is 13.1. The molecule has 5 rings (SSSR count). The Morgan fingerprint density at radius 2 is 1.45 bits per heavy atom. The second-order valence-electron chi connectivity index (χ2n) is 15.1. The van der Waals surface area contributed by atoms with Gasteiger partial charge in [-0.1, -0.05) is 60.1 Å². The molecule has 0 heterocycles. The Bertz CT molecular complexity index is 810. The maximum absolute atomic E-state index is 10.9. The summed E-state index contributed by atoms with van der Waals surface area (Å²) >= 11 is 0. The molecule has 0 amide bonds. The molecular formula is C31H52O2. The maximum Gasteiger partial charge on any atom is 0.0625 e. The van der Waals surface area contributed by atoms with Crippen LogP contribution in [0.2, 0.25) is 0 Å². The Balaban J connectivity index is 1.49. The van der Waals surface area contributed by atoms with Crippen LogP contribution in [0, 0.1) is 50.7 Å². The SMILES string of the molecule is CO[C@@H]1CC[C@@]2(C)C(CC[C@@]3(C)CC4=CC[C@H]5C(C)(C)[C@H](O)CC[C@]5(C)[C@H]4CCC32)C1(C)C. The van der Waals surface area contributed by atoms with Crippen LogP contribution in [0.25, 0.3) is 0 Å². The number of rotatable bonds is 1. The van der Waals surface area contributed by atoms with Crippen LogP contribution in [0.1, 0.15) is 113 Å². The van der Waals surface area contributed by atoms with E-state index in [0.717, 1.165) is 24.2 Å². The standard InChI is InChI=1S/C31H52O2/c1-27(2)22-11-9-20-19-29(5)16-13-23-28(3,4)26(33-8)15-18-31(23,7)24(29)12-10-21(20)30(22,6)17-14-25(27)32/h9,21-26,32H,10-19H2,1-8H3/t21-,22-,23?,24?,25+,26+,29-,30+,31-/m0/s1. The van der Waals surface area contributed by atoms with Gasteiger partial charge in [0, 0.05) is 7.11 Å². The van der Waals surface area contributed by atoms with Crippen LogP contribution in [0.3, 0.4) is 0 Å². The van der Waals surface area contributed by atoms with Crippen molar-refractivity contribution in [3.8, 4) is 0 Å². The fourth-order valence-corrected chi connectivity index (χ4v) is 11.3. The van der Waals surface area contributed by atoms with E-state index in [4.69, 9.17) is 4.74 Å². The molecule has 0 aromatic carbocycles. The van der Waals surface area contributed by atoms with Gasteiger partial charge in [0.1, 0.15) is 0 Å². The Morgan fingerprint density at radius 3 is 2.15 bits per heavy atom. The second-order valence-corrected chi connectivity index (χ2v) is 15.1. The van der Waals surface area contributed by atoms with E-state index in [9.17, 15) is 5.11 Å². The average Bonchev–Trinajstić information content (AvgIpc) is 2.88. The smallest absolute Gasteiger partial charge is 0.0625 e. The van der Waals surface area contributed by atoms with E-state index in [-0.39, 0.29) is 16.9 Å². The van der Waals surface area contributed by atoms with Crippen molar-refractivity contribution in [2.75, 3.05) is 7.11 Å². The minimum Gasteiger partial charge on any atom is -0.393 e. The van der Waals surface area contributed by atoms with E-state index in [1.54, 1.807) is 5.57 Å². The topological polar surface area (TPSA) is 29.5 Å². The number of ether oxygens (including phenoxy) is 1. The fourth-order valence-electron chi connectivity index (χ4n) is 11.3. The molecule has 4 fully saturated rings. The molecule has 0 radical (unpaired) electrons. The largest absolute Gasteiger partial charge is 0.393 e. The Hall–Kier alpha value is -0.340. The van der Waals surface area contributed by atoms with Gasteiger partial charge >= 0.3 is 0 Å². The quantitative estimate of drug-likeness (QED) is 0.408. The van der Waals surface area contributed by atoms with E-state index in [0.29, 0.717) is 28.3 Å². The molecule has 0 spiro atoms. The summed E-state index contributed by atoms with van der Waals surface area (Å²) in [5.74, 6) is 2.91. The van der Waals surface area contributed by atoms with Gasteiger partial charge in [0.25, 0.3) is 0 Å². The van der Waals surface area contributed by atoms with Crippen molar-refractivity contribution in [1.29, 1.82) is 0 Å². The van der Waals surface area contributed by atoms with Crippen LogP contribution in [-0.4, -0.2) is 24.4 Å². The predicted molar refractivity (Wildman–Crippen MR) is 137 cm³/mol. The van der Waals surface area contributed by atoms with Gasteiger partial charge in [0.05, 0.1) is 12.2 Å². The third kappa shape index (κ3) is 3.24. The summed E-state index contributed by atoms with van der Waals surface area (Å²) in [6, 6.07) is 0. The highest BCUT2D eigenvalue weighted by Gasteiger charge is 2.63. The minimum atomic E-state index is -0.144. The molecule has 0 bridgehead atoms. The molecule has 0 aromatic heterocycles. The molecule has 33 heavy (non-hydrogen) atoms. The first-order chi connectivity index (χ1) is 15.3. The minimum absolute atomic E-state index is 0.0254. The summed E-state index contributed by atoms with van der Waals surface area (Å²) in [4.78, 5) is 0. The Morgan fingerprint density at radius 1 is 0.758 bits per heavy atom. The molecule has 5 aliphatic rings. The predicted octanol–water partition coefficient (Wildman–Crippen LogP) is 7.79. The molecular weight excluding hydrogens is 404 g/mol. The lowest BCUT2D eigenvalue weighted by Crippen LogP contribution is -2.58. The first-order valence-corrected chi connectivity index (χ1v) is 14.2. The van der Waals surface area contributed by atoms with Crippen LogP contribution in [0.15, 0.2) is 11.6 Å².